The molecule has 2 aliphatic heterocycles. The van der Waals surface area contributed by atoms with Gasteiger partial charge in [-0.05, 0) is 81.8 Å². The number of primary amides is 1. The molecule has 2 heterocycles. The number of thioether (sulfide) groups is 2. The van der Waals surface area contributed by atoms with Crippen molar-refractivity contribution in [2.75, 3.05) is 24.6 Å². The maximum atomic E-state index is 14.5. The number of nitrogens with one attached hydrogen (secondary N) is 10. The van der Waals surface area contributed by atoms with E-state index >= 15 is 0 Å². The van der Waals surface area contributed by atoms with Gasteiger partial charge in [-0.3, -0.25) is 71.9 Å². The number of hydrogen-bond donors (Lipinski definition) is 17. The highest BCUT2D eigenvalue weighted by molar-refractivity contribution is 7.98. The molecule has 0 spiro atoms. The van der Waals surface area contributed by atoms with Crippen LogP contribution in [0.4, 0.5) is 0 Å². The van der Waals surface area contributed by atoms with Gasteiger partial charge in [0, 0.05) is 48.8 Å². The lowest BCUT2D eigenvalue weighted by Gasteiger charge is -2.30. The molecule has 2 bridgehead atoms. The topological polar surface area (TPSA) is 550 Å². The molecule has 12 amide bonds. The van der Waals surface area contributed by atoms with Gasteiger partial charge < -0.3 is 95.1 Å². The van der Waals surface area contributed by atoms with E-state index in [4.69, 9.17) is 11.5 Å². The summed E-state index contributed by atoms with van der Waals surface area (Å²) in [7, 11) is 0. The summed E-state index contributed by atoms with van der Waals surface area (Å²) in [6.45, 7) is 8.28. The molecule has 34 nitrogen and oxygen atoms in total. The number of likely N-dealkylation sites (tertiary alicyclic amines) is 1. The second kappa shape index (κ2) is 39.9. The van der Waals surface area contributed by atoms with Crippen LogP contribution in [0.15, 0.2) is 24.3 Å². The standard InChI is InChI=1S/C59H89N13O21S2/c1-28(2)19-34(60)50(83)66-36(12-15-43(61)74)52(85)70-40-26-94-24-32-9-7-10-33(21-32)25-95-27-41(56(89)68-39(20-29(3)4)58(91)72-18-8-11-42(72)59(92)93)69-51(84)35(13-16-45(76)77)64-44(75)23-62-57(90)48(31(6)73)71-53(86)37(14-17-46(78)79)65-49(82)30(5)63-54(87)38(22-47(80)81)67-55(40)88/h7,9-10,21,28-31,34-42,48,73H,8,11-20,22-27,60H2,1-6H3,(H2,61,74)(H,62,90)(H,63,87)(H,64,75)(H,65,82)(H,66,83)(H,67,88)(H,68,89)(H,69,84)(H,70,85)(H,71,86)(H,76,77)(H,78,79)(H,80,81)(H,92,93)/t30-,31-,34-,35-,36-,37-,38-,39-,40-,41-,42-,48-/m0/s1. The fraction of sp³-hybridized carbons (Fsp3) is 0.627. The number of aliphatic hydroxyl groups excluding tert-OH is 1. The lowest BCUT2D eigenvalue weighted by molar-refractivity contribution is -0.149. The highest BCUT2D eigenvalue weighted by Gasteiger charge is 2.40. The monoisotopic (exact) mass is 1380 g/mol. The Bertz CT molecular complexity index is 2960. The van der Waals surface area contributed by atoms with Crippen molar-refractivity contribution in [2.45, 2.75) is 196 Å². The van der Waals surface area contributed by atoms with E-state index in [2.05, 4.69) is 53.2 Å². The first-order valence-electron chi connectivity index (χ1n) is 30.7. The molecule has 95 heavy (non-hydrogen) atoms. The lowest BCUT2D eigenvalue weighted by Crippen LogP contribution is -2.61. The van der Waals surface area contributed by atoms with Crippen molar-refractivity contribution < 1.29 is 102 Å². The molecule has 1 saturated heterocycles. The smallest absolute Gasteiger partial charge is 0.326 e. The fourth-order valence-electron chi connectivity index (χ4n) is 9.80. The van der Waals surface area contributed by atoms with Gasteiger partial charge in [0.25, 0.3) is 0 Å². The van der Waals surface area contributed by atoms with E-state index in [1.165, 1.54) is 0 Å². The maximum absolute atomic E-state index is 14.5. The van der Waals surface area contributed by atoms with Gasteiger partial charge in [-0.15, -0.1) is 0 Å². The van der Waals surface area contributed by atoms with Crippen LogP contribution in [0.25, 0.3) is 0 Å². The number of nitrogens with two attached hydrogens (primary N) is 2. The summed E-state index contributed by atoms with van der Waals surface area (Å²) in [6, 6.07) is -10.8. The molecular formula is C59H89N13O21S2. The van der Waals surface area contributed by atoms with Gasteiger partial charge in [0.1, 0.15) is 60.4 Å². The molecule has 0 saturated carbocycles. The number of rotatable bonds is 24. The molecule has 528 valence electrons. The maximum Gasteiger partial charge on any atom is 0.326 e. The Kier molecular flexibility index (Phi) is 33.9. The van der Waals surface area contributed by atoms with Gasteiger partial charge in [-0.1, -0.05) is 52.0 Å². The molecule has 12 atom stereocenters. The Hall–Kier alpha value is -8.64. The van der Waals surface area contributed by atoms with Crippen LogP contribution in [0.5, 0.6) is 0 Å². The van der Waals surface area contributed by atoms with E-state index < -0.39 is 212 Å². The minimum atomic E-state index is -2.00. The van der Waals surface area contributed by atoms with E-state index in [-0.39, 0.29) is 67.1 Å². The first-order valence-corrected chi connectivity index (χ1v) is 33.0. The summed E-state index contributed by atoms with van der Waals surface area (Å²) in [5.41, 5.74) is 12.7. The number of carboxylic acid groups (broad SMARTS) is 4. The Labute approximate surface area is 556 Å². The third kappa shape index (κ3) is 28.9. The third-order valence-corrected chi connectivity index (χ3v) is 16.9. The Morgan fingerprint density at radius 3 is 1.78 bits per heavy atom. The van der Waals surface area contributed by atoms with Crippen LogP contribution < -0.4 is 64.6 Å². The van der Waals surface area contributed by atoms with Gasteiger partial charge in [0.05, 0.1) is 25.1 Å². The first-order chi connectivity index (χ1) is 44.6. The van der Waals surface area contributed by atoms with Gasteiger partial charge >= 0.3 is 23.9 Å². The summed E-state index contributed by atoms with van der Waals surface area (Å²) >= 11 is 2.13. The average Bonchev–Trinajstić information content (AvgIpc) is 1.78. The predicted octanol–water partition coefficient (Wildman–Crippen LogP) is -3.99. The zero-order valence-corrected chi connectivity index (χ0v) is 55.2. The van der Waals surface area contributed by atoms with Crippen molar-refractivity contribution in [1.82, 2.24) is 58.1 Å². The molecule has 2 aliphatic rings. The predicted molar refractivity (Wildman–Crippen MR) is 340 cm³/mol. The summed E-state index contributed by atoms with van der Waals surface area (Å²) in [6.07, 6.45) is -5.76. The van der Waals surface area contributed by atoms with E-state index in [0.717, 1.165) is 42.3 Å². The minimum Gasteiger partial charge on any atom is -0.481 e. The lowest BCUT2D eigenvalue weighted by atomic mass is 10.0. The summed E-state index contributed by atoms with van der Waals surface area (Å²) in [4.78, 5) is 214. The number of carbonyl (C=O) groups is 16. The summed E-state index contributed by atoms with van der Waals surface area (Å²) < 4.78 is 0. The molecule has 0 aromatic heterocycles. The van der Waals surface area contributed by atoms with Crippen molar-refractivity contribution in [3.63, 3.8) is 0 Å². The Morgan fingerprint density at radius 1 is 0.653 bits per heavy atom. The molecular weight excluding hydrogens is 1290 g/mol. The molecule has 1 aromatic rings. The SMILES string of the molecule is CC(C)C[C@H](NC(=O)[C@@H]1CSCc2cccc(c2)CSC[C@H](NC(=O)[C@H](CCC(N)=O)NC(=O)[C@@H](N)CC(C)C)C(=O)N[C@@H](CC(=O)O)C(=O)N[C@@H](C)C(=O)N[C@@H](CCC(=O)O)C(=O)N[C@@H]([C@H](C)O)C(=O)NCC(=O)N[C@@H](CCC(=O)O)C(=O)N1)C(=O)N1CCC[C@H]1C(=O)O. The van der Waals surface area contributed by atoms with Crippen molar-refractivity contribution in [3.05, 3.63) is 35.4 Å². The number of amides is 12. The van der Waals surface area contributed by atoms with E-state index in [0.29, 0.717) is 17.5 Å². The van der Waals surface area contributed by atoms with Gasteiger partial charge in [0.15, 0.2) is 0 Å². The number of aliphatic hydroxyl groups is 1. The number of carbonyl (C=O) groups excluding carboxylic acids is 12. The zero-order valence-electron chi connectivity index (χ0n) is 53.6. The second-order valence-electron chi connectivity index (χ2n) is 23.9. The third-order valence-electron chi connectivity index (χ3n) is 14.7. The number of fused-ring (bicyclic) bond motifs is 2. The van der Waals surface area contributed by atoms with Crippen LogP contribution in [-0.4, -0.2) is 222 Å². The molecule has 1 aromatic carbocycles. The fourth-order valence-corrected chi connectivity index (χ4v) is 11.8. The number of carboxylic acids is 4. The minimum absolute atomic E-state index is 0.0272. The van der Waals surface area contributed by atoms with Crippen molar-refractivity contribution in [1.29, 1.82) is 0 Å². The van der Waals surface area contributed by atoms with E-state index in [1.807, 2.05) is 0 Å². The number of aliphatic carboxylic acids is 4. The molecule has 0 aliphatic carbocycles. The van der Waals surface area contributed by atoms with Crippen LogP contribution in [-0.2, 0) is 88.2 Å². The second-order valence-corrected chi connectivity index (χ2v) is 25.9. The summed E-state index contributed by atoms with van der Waals surface area (Å²) in [5, 5.41) is 73.2. The molecule has 19 N–H and O–H groups in total. The van der Waals surface area contributed by atoms with Crippen molar-refractivity contribution in [3.8, 4) is 0 Å². The molecule has 3 rings (SSSR count). The van der Waals surface area contributed by atoms with E-state index in [1.54, 1.807) is 52.0 Å². The normalized spacial score (nSPS) is 23.2. The number of benzene rings is 1. The van der Waals surface area contributed by atoms with Crippen LogP contribution in [0.1, 0.15) is 123 Å². The first kappa shape index (κ1) is 80.6. The van der Waals surface area contributed by atoms with Crippen LogP contribution in [0.3, 0.4) is 0 Å². The highest BCUT2D eigenvalue weighted by atomic mass is 32.2. The molecule has 1 fully saturated rings. The number of nitrogens with zero attached hydrogens (tertiary/aromatic N) is 1. The van der Waals surface area contributed by atoms with Crippen LogP contribution in [0.2, 0.25) is 0 Å². The number of hydrogen-bond acceptors (Lipinski definition) is 20. The van der Waals surface area contributed by atoms with Gasteiger partial charge in [0.2, 0.25) is 70.9 Å². The van der Waals surface area contributed by atoms with Crippen molar-refractivity contribution in [2.24, 2.45) is 23.3 Å². The van der Waals surface area contributed by atoms with Crippen LogP contribution >= 0.6 is 23.5 Å². The molecule has 0 unspecified atom stereocenters. The Morgan fingerprint density at radius 2 is 1.22 bits per heavy atom. The highest BCUT2D eigenvalue weighted by Crippen LogP contribution is 2.23. The average molecular weight is 1380 g/mol. The zero-order chi connectivity index (χ0) is 71.4. The Balaban J connectivity index is 2.20. The summed E-state index contributed by atoms with van der Waals surface area (Å²) in [5.74, 6) is -19.2. The van der Waals surface area contributed by atoms with Crippen LogP contribution in [0, 0.1) is 11.8 Å². The van der Waals surface area contributed by atoms with E-state index in [9.17, 15) is 102 Å². The molecule has 36 heteroatoms. The molecule has 0 radical (unpaired) electrons. The largest absolute Gasteiger partial charge is 0.481 e. The quantitative estimate of drug-likeness (QED) is 0.0469. The van der Waals surface area contributed by atoms with Gasteiger partial charge in [-0.2, -0.15) is 23.5 Å². The van der Waals surface area contributed by atoms with Gasteiger partial charge in [-0.25, -0.2) is 4.79 Å². The van der Waals surface area contributed by atoms with Crippen molar-refractivity contribution >= 4 is 118 Å².